The van der Waals surface area contributed by atoms with E-state index < -0.39 is 0 Å². The molecule has 21 heavy (non-hydrogen) atoms. The van der Waals surface area contributed by atoms with Gasteiger partial charge in [0.05, 0.1) is 0 Å². The minimum Gasteiger partial charge on any atom is -0.308 e. The zero-order chi connectivity index (χ0) is 14.7. The largest absolute Gasteiger partial charge is 0.308 e. The maximum atomic E-state index is 3.98. The molecule has 1 aliphatic heterocycles. The van der Waals surface area contributed by atoms with Crippen molar-refractivity contribution in [3.05, 3.63) is 0 Å². The molecule has 2 aliphatic carbocycles. The van der Waals surface area contributed by atoms with Gasteiger partial charge in [-0.3, -0.25) is 4.90 Å². The molecule has 0 amide bonds. The van der Waals surface area contributed by atoms with Crippen molar-refractivity contribution in [2.45, 2.75) is 102 Å². The zero-order valence-electron chi connectivity index (χ0n) is 14.4. The van der Waals surface area contributed by atoms with E-state index in [0.29, 0.717) is 5.54 Å². The first kappa shape index (κ1) is 15.8. The highest BCUT2D eigenvalue weighted by Gasteiger charge is 2.42. The average molecular weight is 293 g/mol. The molecule has 3 aliphatic rings. The van der Waals surface area contributed by atoms with Crippen molar-refractivity contribution >= 4 is 0 Å². The molecule has 0 aromatic carbocycles. The molecule has 0 bridgehead atoms. The summed E-state index contributed by atoms with van der Waals surface area (Å²) < 4.78 is 0. The summed E-state index contributed by atoms with van der Waals surface area (Å²) in [5.41, 5.74) is 0.465. The molecule has 2 heteroatoms. The standard InChI is InChI=1S/C19H36N2/c1-3-18-14-20-19(12-8-5-9-13-19)15-21(18)16(2)17-10-6-4-7-11-17/h16-18,20H,3-15H2,1-2H3. The summed E-state index contributed by atoms with van der Waals surface area (Å²) in [5.74, 6) is 0.964. The van der Waals surface area contributed by atoms with Crippen LogP contribution in [0.15, 0.2) is 0 Å². The van der Waals surface area contributed by atoms with Gasteiger partial charge in [-0.25, -0.2) is 0 Å². The first-order chi connectivity index (χ1) is 10.2. The average Bonchev–Trinajstić information content (AvgIpc) is 2.56. The Balaban J connectivity index is 1.69. The summed E-state index contributed by atoms with van der Waals surface area (Å²) >= 11 is 0. The van der Waals surface area contributed by atoms with Crippen LogP contribution in [0.5, 0.6) is 0 Å². The summed E-state index contributed by atoms with van der Waals surface area (Å²) in [6.07, 6.45) is 15.9. The molecule has 2 unspecified atom stereocenters. The number of hydrogen-bond acceptors (Lipinski definition) is 2. The molecule has 122 valence electrons. The first-order valence-electron chi connectivity index (χ1n) is 9.75. The fourth-order valence-corrected chi connectivity index (χ4v) is 5.29. The lowest BCUT2D eigenvalue weighted by Gasteiger charge is -2.53. The molecule has 2 atom stereocenters. The first-order valence-corrected chi connectivity index (χ1v) is 9.75. The lowest BCUT2D eigenvalue weighted by Crippen LogP contribution is -2.67. The van der Waals surface area contributed by atoms with Crippen molar-refractivity contribution in [3.63, 3.8) is 0 Å². The van der Waals surface area contributed by atoms with E-state index in [9.17, 15) is 0 Å². The van der Waals surface area contributed by atoms with Gasteiger partial charge in [0.1, 0.15) is 0 Å². The smallest absolute Gasteiger partial charge is 0.0309 e. The highest BCUT2D eigenvalue weighted by molar-refractivity contribution is 5.01. The highest BCUT2D eigenvalue weighted by Crippen LogP contribution is 2.36. The molecule has 1 saturated heterocycles. The Morgan fingerprint density at radius 1 is 1.05 bits per heavy atom. The molecule has 0 aromatic heterocycles. The van der Waals surface area contributed by atoms with E-state index in [4.69, 9.17) is 0 Å². The Labute approximate surface area is 132 Å². The number of nitrogens with zero attached hydrogens (tertiary/aromatic N) is 1. The fraction of sp³-hybridized carbons (Fsp3) is 1.00. The third kappa shape index (κ3) is 3.47. The van der Waals surface area contributed by atoms with Crippen LogP contribution in [0.2, 0.25) is 0 Å². The van der Waals surface area contributed by atoms with Crippen molar-refractivity contribution in [1.29, 1.82) is 0 Å². The molecule has 2 nitrogen and oxygen atoms in total. The van der Waals surface area contributed by atoms with Gasteiger partial charge in [0, 0.05) is 30.7 Å². The number of piperazine rings is 1. The van der Waals surface area contributed by atoms with Gasteiger partial charge in [-0.1, -0.05) is 45.4 Å². The minimum absolute atomic E-state index is 0.465. The molecule has 1 spiro atoms. The SMILES string of the molecule is CCC1CNC2(CCCCC2)CN1C(C)C1CCCCC1. The second kappa shape index (κ2) is 7.00. The molecule has 0 radical (unpaired) electrons. The Hall–Kier alpha value is -0.0800. The molecule has 3 fully saturated rings. The third-order valence-corrected chi connectivity index (χ3v) is 6.80. The predicted octanol–water partition coefficient (Wildman–Crippen LogP) is 4.34. The number of hydrogen-bond donors (Lipinski definition) is 1. The van der Waals surface area contributed by atoms with E-state index in [0.717, 1.165) is 18.0 Å². The molecular formula is C19H36N2. The van der Waals surface area contributed by atoms with Gasteiger partial charge in [-0.15, -0.1) is 0 Å². The minimum atomic E-state index is 0.465. The highest BCUT2D eigenvalue weighted by atomic mass is 15.3. The fourth-order valence-electron chi connectivity index (χ4n) is 5.29. The van der Waals surface area contributed by atoms with Gasteiger partial charge in [0.25, 0.3) is 0 Å². The van der Waals surface area contributed by atoms with Crippen molar-refractivity contribution in [2.75, 3.05) is 13.1 Å². The molecule has 1 N–H and O–H groups in total. The number of rotatable bonds is 3. The molecule has 1 heterocycles. The molecular weight excluding hydrogens is 256 g/mol. The quantitative estimate of drug-likeness (QED) is 0.832. The van der Waals surface area contributed by atoms with Crippen LogP contribution >= 0.6 is 0 Å². The van der Waals surface area contributed by atoms with Crippen LogP contribution in [-0.4, -0.2) is 35.6 Å². The second-order valence-corrected chi connectivity index (χ2v) is 8.09. The maximum absolute atomic E-state index is 3.98. The summed E-state index contributed by atoms with van der Waals surface area (Å²) in [7, 11) is 0. The van der Waals surface area contributed by atoms with Crippen LogP contribution in [0.4, 0.5) is 0 Å². The van der Waals surface area contributed by atoms with E-state index in [1.807, 2.05) is 0 Å². The molecule has 2 saturated carbocycles. The molecule has 3 rings (SSSR count). The monoisotopic (exact) mass is 292 g/mol. The second-order valence-electron chi connectivity index (χ2n) is 8.09. The lowest BCUT2D eigenvalue weighted by atomic mass is 9.77. The van der Waals surface area contributed by atoms with Gasteiger partial charge in [-0.2, -0.15) is 0 Å². The Morgan fingerprint density at radius 3 is 2.38 bits per heavy atom. The van der Waals surface area contributed by atoms with Crippen LogP contribution in [-0.2, 0) is 0 Å². The topological polar surface area (TPSA) is 15.3 Å². The zero-order valence-corrected chi connectivity index (χ0v) is 14.4. The Bertz CT molecular complexity index is 316. The van der Waals surface area contributed by atoms with E-state index >= 15 is 0 Å². The van der Waals surface area contributed by atoms with Gasteiger partial charge in [0.15, 0.2) is 0 Å². The predicted molar refractivity (Wildman–Crippen MR) is 90.6 cm³/mol. The van der Waals surface area contributed by atoms with Crippen molar-refractivity contribution in [2.24, 2.45) is 5.92 Å². The van der Waals surface area contributed by atoms with E-state index in [-0.39, 0.29) is 0 Å². The van der Waals surface area contributed by atoms with Crippen molar-refractivity contribution in [1.82, 2.24) is 10.2 Å². The van der Waals surface area contributed by atoms with Crippen LogP contribution in [0.25, 0.3) is 0 Å². The van der Waals surface area contributed by atoms with Crippen molar-refractivity contribution in [3.8, 4) is 0 Å². The Morgan fingerprint density at radius 2 is 1.71 bits per heavy atom. The van der Waals surface area contributed by atoms with Gasteiger partial charge in [-0.05, 0) is 44.9 Å². The summed E-state index contributed by atoms with van der Waals surface area (Å²) in [4.78, 5) is 2.93. The van der Waals surface area contributed by atoms with Gasteiger partial charge < -0.3 is 5.32 Å². The van der Waals surface area contributed by atoms with Crippen LogP contribution in [0, 0.1) is 5.92 Å². The van der Waals surface area contributed by atoms with Gasteiger partial charge in [0.2, 0.25) is 0 Å². The van der Waals surface area contributed by atoms with Crippen LogP contribution in [0.3, 0.4) is 0 Å². The van der Waals surface area contributed by atoms with E-state index in [1.54, 1.807) is 0 Å². The van der Waals surface area contributed by atoms with Crippen LogP contribution < -0.4 is 5.32 Å². The lowest BCUT2D eigenvalue weighted by molar-refractivity contribution is 0.00311. The summed E-state index contributed by atoms with van der Waals surface area (Å²) in [6, 6.07) is 1.57. The van der Waals surface area contributed by atoms with E-state index in [1.165, 1.54) is 83.7 Å². The van der Waals surface area contributed by atoms with Crippen LogP contribution in [0.1, 0.15) is 84.5 Å². The summed E-state index contributed by atoms with van der Waals surface area (Å²) in [6.45, 7) is 7.48. The third-order valence-electron chi connectivity index (χ3n) is 6.80. The normalized spacial score (nSPS) is 33.1. The Kier molecular flexibility index (Phi) is 5.27. The number of nitrogens with one attached hydrogen (secondary N) is 1. The van der Waals surface area contributed by atoms with Crippen molar-refractivity contribution < 1.29 is 0 Å². The maximum Gasteiger partial charge on any atom is 0.0309 e. The summed E-state index contributed by atoms with van der Waals surface area (Å²) in [5, 5.41) is 3.98. The van der Waals surface area contributed by atoms with Gasteiger partial charge >= 0.3 is 0 Å². The van der Waals surface area contributed by atoms with E-state index in [2.05, 4.69) is 24.1 Å². The molecule has 0 aromatic rings.